The summed E-state index contributed by atoms with van der Waals surface area (Å²) in [4.78, 5) is 27.9. The molecule has 1 aliphatic carbocycles. The normalized spacial score (nSPS) is 14.4. The highest BCUT2D eigenvalue weighted by Crippen LogP contribution is 2.30. The van der Waals surface area contributed by atoms with Gasteiger partial charge >= 0.3 is 5.97 Å². The van der Waals surface area contributed by atoms with Gasteiger partial charge in [0.1, 0.15) is 5.82 Å². The number of anilines is 1. The maximum absolute atomic E-state index is 12.1. The topological polar surface area (TPSA) is 68.3 Å². The molecule has 1 aromatic heterocycles. The summed E-state index contributed by atoms with van der Waals surface area (Å²) in [6.45, 7) is 0. The Morgan fingerprint density at radius 3 is 2.82 bits per heavy atom. The molecule has 1 N–H and O–H groups in total. The summed E-state index contributed by atoms with van der Waals surface area (Å²) < 4.78 is 4.72. The summed E-state index contributed by atoms with van der Waals surface area (Å²) in [6, 6.07) is 7.01. The Balaban J connectivity index is 1.83. The largest absolute Gasteiger partial charge is 0.465 e. The molecule has 0 spiro atoms. The summed E-state index contributed by atoms with van der Waals surface area (Å²) in [6.07, 6.45) is 5.68. The molecule has 5 nitrogen and oxygen atoms in total. The first-order valence-electron chi connectivity index (χ1n) is 7.44. The first kappa shape index (κ1) is 14.5. The van der Waals surface area contributed by atoms with Crippen molar-refractivity contribution in [2.24, 2.45) is 5.92 Å². The van der Waals surface area contributed by atoms with Crippen LogP contribution in [0.15, 0.2) is 30.5 Å². The summed E-state index contributed by atoms with van der Waals surface area (Å²) in [5.74, 6) is 0.676. The molecule has 2 aromatic rings. The van der Waals surface area contributed by atoms with Crippen molar-refractivity contribution in [3.8, 4) is 0 Å². The van der Waals surface area contributed by atoms with Crippen LogP contribution in [0.4, 0.5) is 5.82 Å². The summed E-state index contributed by atoms with van der Waals surface area (Å²) >= 11 is 0. The first-order chi connectivity index (χ1) is 10.7. The number of methoxy groups -OCH3 is 1. The number of fused-ring (bicyclic) bond motifs is 1. The first-order valence-corrected chi connectivity index (χ1v) is 7.44. The van der Waals surface area contributed by atoms with Crippen LogP contribution >= 0.6 is 0 Å². The fraction of sp³-hybridized carbons (Fsp3) is 0.353. The number of aromatic nitrogens is 1. The van der Waals surface area contributed by atoms with Crippen LogP contribution in [-0.2, 0) is 9.53 Å². The number of ether oxygens (including phenoxy) is 1. The smallest absolute Gasteiger partial charge is 0.337 e. The van der Waals surface area contributed by atoms with E-state index < -0.39 is 0 Å². The van der Waals surface area contributed by atoms with Crippen molar-refractivity contribution in [3.63, 3.8) is 0 Å². The van der Waals surface area contributed by atoms with Crippen LogP contribution in [0, 0.1) is 5.92 Å². The van der Waals surface area contributed by atoms with Crippen LogP contribution in [-0.4, -0.2) is 24.0 Å². The van der Waals surface area contributed by atoms with E-state index in [0.717, 1.165) is 23.6 Å². The second-order valence-corrected chi connectivity index (χ2v) is 5.64. The highest BCUT2D eigenvalue weighted by Gasteiger charge is 2.21. The minimum absolute atomic E-state index is 0.00162. The Bertz CT molecular complexity index is 723. The van der Waals surface area contributed by atoms with E-state index in [9.17, 15) is 9.59 Å². The summed E-state index contributed by atoms with van der Waals surface area (Å²) in [5, 5.41) is 4.54. The molecule has 0 bridgehead atoms. The standard InChI is InChI=1S/C17H18N2O3/c1-22-17(21)13-5-6-14-12(10-13)7-8-18-16(14)19-15(20)9-11-3-2-4-11/h5-8,10-11H,2-4,9H2,1H3,(H,18,19,20). The summed E-state index contributed by atoms with van der Waals surface area (Å²) in [7, 11) is 1.35. The number of nitrogens with one attached hydrogen (secondary N) is 1. The highest BCUT2D eigenvalue weighted by atomic mass is 16.5. The highest BCUT2D eigenvalue weighted by molar-refractivity contribution is 6.02. The number of amides is 1. The van der Waals surface area contributed by atoms with E-state index in [1.807, 2.05) is 6.07 Å². The second-order valence-electron chi connectivity index (χ2n) is 5.64. The molecule has 0 radical (unpaired) electrons. The van der Waals surface area contributed by atoms with Crippen molar-refractivity contribution < 1.29 is 14.3 Å². The molecule has 0 aliphatic heterocycles. The maximum atomic E-state index is 12.1. The SMILES string of the molecule is COC(=O)c1ccc2c(NC(=O)CC3CCC3)nccc2c1. The van der Waals surface area contributed by atoms with E-state index in [4.69, 9.17) is 4.74 Å². The number of rotatable bonds is 4. The molecule has 0 saturated heterocycles. The number of nitrogens with zero attached hydrogens (tertiary/aromatic N) is 1. The third-order valence-electron chi connectivity index (χ3n) is 4.14. The van der Waals surface area contributed by atoms with Gasteiger partial charge in [0, 0.05) is 18.0 Å². The predicted octanol–water partition coefficient (Wildman–Crippen LogP) is 3.15. The van der Waals surface area contributed by atoms with E-state index in [-0.39, 0.29) is 11.9 Å². The minimum atomic E-state index is -0.380. The van der Waals surface area contributed by atoms with Gasteiger partial charge in [-0.25, -0.2) is 9.78 Å². The Morgan fingerprint density at radius 1 is 1.32 bits per heavy atom. The molecule has 5 heteroatoms. The van der Waals surface area contributed by atoms with Gasteiger partial charge in [-0.15, -0.1) is 0 Å². The Kier molecular flexibility index (Phi) is 4.04. The van der Waals surface area contributed by atoms with Crippen LogP contribution in [0.1, 0.15) is 36.0 Å². The van der Waals surface area contributed by atoms with Gasteiger partial charge in [-0.1, -0.05) is 6.42 Å². The van der Waals surface area contributed by atoms with Crippen molar-refractivity contribution in [3.05, 3.63) is 36.0 Å². The van der Waals surface area contributed by atoms with E-state index in [1.54, 1.807) is 24.4 Å². The monoisotopic (exact) mass is 298 g/mol. The van der Waals surface area contributed by atoms with Crippen LogP contribution < -0.4 is 5.32 Å². The number of pyridine rings is 1. The molecule has 1 fully saturated rings. The minimum Gasteiger partial charge on any atom is -0.465 e. The van der Waals surface area contributed by atoms with Crippen molar-refractivity contribution in [1.29, 1.82) is 0 Å². The molecule has 1 aliphatic rings. The average Bonchev–Trinajstić information content (AvgIpc) is 2.50. The van der Waals surface area contributed by atoms with Gasteiger partial charge < -0.3 is 10.1 Å². The molecule has 0 atom stereocenters. The van der Waals surface area contributed by atoms with E-state index in [2.05, 4.69) is 10.3 Å². The third kappa shape index (κ3) is 2.93. The summed E-state index contributed by atoms with van der Waals surface area (Å²) in [5.41, 5.74) is 0.480. The molecule has 1 saturated carbocycles. The molecule has 1 aromatic carbocycles. The molecule has 3 rings (SSSR count). The van der Waals surface area contributed by atoms with Crippen molar-refractivity contribution in [2.45, 2.75) is 25.7 Å². The maximum Gasteiger partial charge on any atom is 0.337 e. The van der Waals surface area contributed by atoms with Gasteiger partial charge in [-0.05, 0) is 48.4 Å². The van der Waals surface area contributed by atoms with Gasteiger partial charge in [-0.2, -0.15) is 0 Å². The fourth-order valence-electron chi connectivity index (χ4n) is 2.66. The van der Waals surface area contributed by atoms with Crippen molar-refractivity contribution >= 4 is 28.5 Å². The lowest BCUT2D eigenvalue weighted by atomic mass is 9.83. The van der Waals surface area contributed by atoms with Crippen LogP contribution in [0.3, 0.4) is 0 Å². The van der Waals surface area contributed by atoms with Gasteiger partial charge in [0.2, 0.25) is 5.91 Å². The molecular formula is C17H18N2O3. The quantitative estimate of drug-likeness (QED) is 0.880. The number of carbonyl (C=O) groups is 2. The molecule has 114 valence electrons. The van der Waals surface area contributed by atoms with Crippen LogP contribution in [0.25, 0.3) is 10.8 Å². The zero-order chi connectivity index (χ0) is 15.5. The van der Waals surface area contributed by atoms with Crippen LogP contribution in [0.2, 0.25) is 0 Å². The van der Waals surface area contributed by atoms with Crippen molar-refractivity contribution in [1.82, 2.24) is 4.98 Å². The Labute approximate surface area is 128 Å². The fourth-order valence-corrected chi connectivity index (χ4v) is 2.66. The molecule has 1 amide bonds. The van der Waals surface area contributed by atoms with E-state index in [1.165, 1.54) is 13.5 Å². The Morgan fingerprint density at radius 2 is 2.14 bits per heavy atom. The van der Waals surface area contributed by atoms with Gasteiger partial charge in [0.05, 0.1) is 12.7 Å². The number of hydrogen-bond donors (Lipinski definition) is 1. The molecule has 1 heterocycles. The number of carbonyl (C=O) groups excluding carboxylic acids is 2. The number of esters is 1. The van der Waals surface area contributed by atoms with Crippen molar-refractivity contribution in [2.75, 3.05) is 12.4 Å². The molecule has 22 heavy (non-hydrogen) atoms. The van der Waals surface area contributed by atoms with E-state index in [0.29, 0.717) is 23.7 Å². The average molecular weight is 298 g/mol. The van der Waals surface area contributed by atoms with Crippen LogP contribution in [0.5, 0.6) is 0 Å². The second kappa shape index (κ2) is 6.13. The zero-order valence-electron chi connectivity index (χ0n) is 12.5. The number of benzene rings is 1. The Hall–Kier alpha value is -2.43. The van der Waals surface area contributed by atoms with E-state index >= 15 is 0 Å². The van der Waals surface area contributed by atoms with Gasteiger partial charge in [-0.3, -0.25) is 4.79 Å². The lowest BCUT2D eigenvalue weighted by Crippen LogP contribution is -2.21. The molecule has 0 unspecified atom stereocenters. The van der Waals surface area contributed by atoms with Gasteiger partial charge in [0.15, 0.2) is 0 Å². The zero-order valence-corrected chi connectivity index (χ0v) is 12.5. The third-order valence-corrected chi connectivity index (χ3v) is 4.14. The predicted molar refractivity (Wildman–Crippen MR) is 83.7 cm³/mol. The number of hydrogen-bond acceptors (Lipinski definition) is 4. The van der Waals surface area contributed by atoms with Gasteiger partial charge in [0.25, 0.3) is 0 Å². The lowest BCUT2D eigenvalue weighted by Gasteiger charge is -2.24. The lowest BCUT2D eigenvalue weighted by molar-refractivity contribution is -0.117. The molecular weight excluding hydrogens is 280 g/mol.